The number of aromatic nitrogens is 1. The van der Waals surface area contributed by atoms with Crippen LogP contribution in [-0.2, 0) is 20.9 Å². The predicted octanol–water partition coefficient (Wildman–Crippen LogP) is -0.162. The Hall–Kier alpha value is -3.10. The van der Waals surface area contributed by atoms with Crippen molar-refractivity contribution in [3.8, 4) is 0 Å². The van der Waals surface area contributed by atoms with E-state index in [1.165, 1.54) is 21.3 Å². The number of carbonyl (C=O) groups is 3. The van der Waals surface area contributed by atoms with Gasteiger partial charge in [0.05, 0.1) is 12.1 Å². The highest BCUT2D eigenvalue weighted by atomic mass is 16.4. The van der Waals surface area contributed by atoms with Gasteiger partial charge in [0.15, 0.2) is 5.58 Å². The van der Waals surface area contributed by atoms with Crippen LogP contribution in [0.5, 0.6) is 0 Å². The van der Waals surface area contributed by atoms with Crippen LogP contribution < -0.4 is 11.5 Å². The number of fused-ring (bicyclic) bond motifs is 1. The van der Waals surface area contributed by atoms with Crippen LogP contribution in [0.2, 0.25) is 0 Å². The molecule has 2 heterocycles. The lowest BCUT2D eigenvalue weighted by Gasteiger charge is -2.39. The second-order valence-corrected chi connectivity index (χ2v) is 6.71. The quantitative estimate of drug-likeness (QED) is 0.797. The van der Waals surface area contributed by atoms with E-state index in [9.17, 15) is 19.2 Å². The molecule has 1 aromatic heterocycles. The monoisotopic (exact) mass is 374 g/mol. The Morgan fingerprint density at radius 2 is 2.00 bits per heavy atom. The highest BCUT2D eigenvalue weighted by Gasteiger charge is 2.34. The van der Waals surface area contributed by atoms with E-state index in [-0.39, 0.29) is 37.9 Å². The molecule has 144 valence electrons. The fourth-order valence-electron chi connectivity index (χ4n) is 3.38. The predicted molar refractivity (Wildman–Crippen MR) is 96.8 cm³/mol. The number of aryl methyl sites for hydroxylation is 2. The molecule has 9 heteroatoms. The van der Waals surface area contributed by atoms with Crippen LogP contribution in [0.3, 0.4) is 0 Å². The van der Waals surface area contributed by atoms with E-state index < -0.39 is 17.7 Å². The Bertz CT molecular complexity index is 960. The molecule has 1 aliphatic heterocycles. The topological polar surface area (TPSA) is 119 Å². The SMILES string of the molecule is CC(=O)N1CCN(C(=O)CCn2c(=O)oc3ccc(C)cc32)CC1C(N)=O. The first kappa shape index (κ1) is 18.7. The lowest BCUT2D eigenvalue weighted by molar-refractivity contribution is -0.146. The molecule has 9 nitrogen and oxygen atoms in total. The molecule has 27 heavy (non-hydrogen) atoms. The summed E-state index contributed by atoms with van der Waals surface area (Å²) < 4.78 is 6.63. The zero-order valence-corrected chi connectivity index (χ0v) is 15.3. The average molecular weight is 374 g/mol. The lowest BCUT2D eigenvalue weighted by atomic mass is 10.1. The zero-order valence-electron chi connectivity index (χ0n) is 15.3. The lowest BCUT2D eigenvalue weighted by Crippen LogP contribution is -2.60. The van der Waals surface area contributed by atoms with E-state index in [1.54, 1.807) is 6.07 Å². The van der Waals surface area contributed by atoms with E-state index in [4.69, 9.17) is 10.2 Å². The number of carbonyl (C=O) groups excluding carboxylic acids is 3. The number of benzene rings is 1. The number of hydrogen-bond acceptors (Lipinski definition) is 5. The van der Waals surface area contributed by atoms with Gasteiger partial charge >= 0.3 is 5.76 Å². The van der Waals surface area contributed by atoms with E-state index in [1.807, 2.05) is 19.1 Å². The maximum Gasteiger partial charge on any atom is 0.419 e. The fraction of sp³-hybridized carbons (Fsp3) is 0.444. The van der Waals surface area contributed by atoms with Crippen LogP contribution >= 0.6 is 0 Å². The molecule has 2 N–H and O–H groups in total. The Morgan fingerprint density at radius 1 is 1.26 bits per heavy atom. The largest absolute Gasteiger partial charge is 0.419 e. The Balaban J connectivity index is 1.71. The second kappa shape index (κ2) is 7.26. The van der Waals surface area contributed by atoms with Gasteiger partial charge in [0, 0.05) is 33.0 Å². The normalized spacial score (nSPS) is 17.3. The first-order valence-corrected chi connectivity index (χ1v) is 8.72. The minimum Gasteiger partial charge on any atom is -0.408 e. The average Bonchev–Trinajstić information content (AvgIpc) is 2.93. The summed E-state index contributed by atoms with van der Waals surface area (Å²) in [5.41, 5.74) is 7.47. The number of oxazole rings is 1. The van der Waals surface area contributed by atoms with E-state index >= 15 is 0 Å². The van der Waals surface area contributed by atoms with Crippen LogP contribution in [0, 0.1) is 6.92 Å². The van der Waals surface area contributed by atoms with Crippen molar-refractivity contribution in [1.82, 2.24) is 14.4 Å². The summed E-state index contributed by atoms with van der Waals surface area (Å²) in [5.74, 6) is -1.62. The molecule has 0 saturated carbocycles. The van der Waals surface area contributed by atoms with Crippen LogP contribution in [0.4, 0.5) is 0 Å². The molecule has 0 aliphatic carbocycles. The maximum absolute atomic E-state index is 12.6. The molecule has 0 radical (unpaired) electrons. The van der Waals surface area contributed by atoms with Crippen LogP contribution in [0.25, 0.3) is 11.1 Å². The Kier molecular flexibility index (Phi) is 5.02. The van der Waals surface area contributed by atoms with Crippen molar-refractivity contribution in [3.63, 3.8) is 0 Å². The van der Waals surface area contributed by atoms with Gasteiger partial charge in [-0.25, -0.2) is 4.79 Å². The molecular weight excluding hydrogens is 352 g/mol. The summed E-state index contributed by atoms with van der Waals surface area (Å²) in [6, 6.07) is 4.57. The first-order chi connectivity index (χ1) is 12.8. The van der Waals surface area contributed by atoms with Crippen molar-refractivity contribution < 1.29 is 18.8 Å². The molecule has 3 amide bonds. The molecule has 2 aromatic rings. The zero-order chi connectivity index (χ0) is 19.7. The van der Waals surface area contributed by atoms with Crippen LogP contribution in [0.1, 0.15) is 18.9 Å². The van der Waals surface area contributed by atoms with E-state index in [2.05, 4.69) is 0 Å². The Morgan fingerprint density at radius 3 is 2.67 bits per heavy atom. The smallest absolute Gasteiger partial charge is 0.408 e. The van der Waals surface area contributed by atoms with Gasteiger partial charge in [-0.2, -0.15) is 0 Å². The third kappa shape index (κ3) is 3.71. The number of nitrogens with zero attached hydrogens (tertiary/aromatic N) is 3. The minimum absolute atomic E-state index is 0.0634. The van der Waals surface area contributed by atoms with Gasteiger partial charge in [0.1, 0.15) is 6.04 Å². The number of rotatable bonds is 4. The third-order valence-corrected chi connectivity index (χ3v) is 4.84. The highest BCUT2D eigenvalue weighted by molar-refractivity contribution is 5.87. The van der Waals surface area contributed by atoms with Crippen LogP contribution in [-0.4, -0.2) is 57.8 Å². The third-order valence-electron chi connectivity index (χ3n) is 4.84. The molecule has 1 atom stereocenters. The maximum atomic E-state index is 12.6. The molecule has 1 fully saturated rings. The van der Waals surface area contributed by atoms with Crippen molar-refractivity contribution >= 4 is 28.8 Å². The fourth-order valence-corrected chi connectivity index (χ4v) is 3.38. The van der Waals surface area contributed by atoms with Crippen molar-refractivity contribution in [1.29, 1.82) is 0 Å². The molecule has 1 unspecified atom stereocenters. The van der Waals surface area contributed by atoms with Gasteiger partial charge in [-0.15, -0.1) is 0 Å². The molecule has 1 aliphatic rings. The summed E-state index contributed by atoms with van der Waals surface area (Å²) in [6.07, 6.45) is 0.0774. The van der Waals surface area contributed by atoms with E-state index in [0.29, 0.717) is 17.6 Å². The van der Waals surface area contributed by atoms with Crippen molar-refractivity contribution in [2.45, 2.75) is 32.9 Å². The summed E-state index contributed by atoms with van der Waals surface area (Å²) >= 11 is 0. The number of hydrogen-bond donors (Lipinski definition) is 1. The van der Waals surface area contributed by atoms with Gasteiger partial charge < -0.3 is 20.0 Å². The molecule has 1 aromatic carbocycles. The Labute approximate surface area is 155 Å². The van der Waals surface area contributed by atoms with Gasteiger partial charge in [-0.3, -0.25) is 19.0 Å². The summed E-state index contributed by atoms with van der Waals surface area (Å²) in [6.45, 7) is 4.08. The number of nitrogens with two attached hydrogens (primary N) is 1. The standard InChI is InChI=1S/C18H22N4O5/c1-11-3-4-15-13(9-11)22(18(26)27-15)6-5-16(24)20-7-8-21(12(2)23)14(10-20)17(19)25/h3-4,9,14H,5-8,10H2,1-2H3,(H2,19,25). The van der Waals surface area contributed by atoms with Crippen molar-refractivity contribution in [2.24, 2.45) is 5.73 Å². The number of piperazine rings is 1. The van der Waals surface area contributed by atoms with Crippen LogP contribution in [0.15, 0.2) is 27.4 Å². The summed E-state index contributed by atoms with van der Waals surface area (Å²) in [7, 11) is 0. The molecule has 0 bridgehead atoms. The first-order valence-electron chi connectivity index (χ1n) is 8.72. The van der Waals surface area contributed by atoms with Crippen molar-refractivity contribution in [3.05, 3.63) is 34.3 Å². The highest BCUT2D eigenvalue weighted by Crippen LogP contribution is 2.16. The van der Waals surface area contributed by atoms with Gasteiger partial charge in [0.2, 0.25) is 17.7 Å². The summed E-state index contributed by atoms with van der Waals surface area (Å²) in [5, 5.41) is 0. The second-order valence-electron chi connectivity index (χ2n) is 6.71. The molecule has 1 saturated heterocycles. The van der Waals surface area contributed by atoms with Gasteiger partial charge in [0.25, 0.3) is 0 Å². The summed E-state index contributed by atoms with van der Waals surface area (Å²) in [4.78, 5) is 50.8. The molecular formula is C18H22N4O5. The minimum atomic E-state index is -0.833. The van der Waals surface area contributed by atoms with Crippen molar-refractivity contribution in [2.75, 3.05) is 19.6 Å². The van der Waals surface area contributed by atoms with E-state index in [0.717, 1.165) is 5.56 Å². The molecule has 0 spiro atoms. The van der Waals surface area contributed by atoms with Gasteiger partial charge in [-0.1, -0.05) is 6.07 Å². The van der Waals surface area contributed by atoms with Gasteiger partial charge in [-0.05, 0) is 24.6 Å². The number of amides is 3. The molecule has 3 rings (SSSR count). The number of primary amides is 1.